The van der Waals surface area contributed by atoms with E-state index in [1.54, 1.807) is 19.1 Å². The summed E-state index contributed by atoms with van der Waals surface area (Å²) in [4.78, 5) is 37.8. The molecule has 0 spiro atoms. The number of aryl methyl sites for hydroxylation is 1. The SMILES string of the molecule is Cc1cc(N2CCO[C@H]([C@@H](O)c3nc(=O)c4c(ccc5c(N)nsc54)[nH]3)C2=O)nn1-c1ccnc(C(F)(F)F)c1. The van der Waals surface area contributed by atoms with Gasteiger partial charge in [0.15, 0.2) is 11.9 Å². The molecule has 1 fully saturated rings. The van der Waals surface area contributed by atoms with Gasteiger partial charge in [0.2, 0.25) is 0 Å². The Morgan fingerprint density at radius 1 is 1.25 bits per heavy atom. The van der Waals surface area contributed by atoms with Gasteiger partial charge in [-0.15, -0.1) is 5.10 Å². The molecule has 1 aliphatic heterocycles. The van der Waals surface area contributed by atoms with Crippen LogP contribution in [0.25, 0.3) is 26.7 Å². The summed E-state index contributed by atoms with van der Waals surface area (Å²) in [5, 5.41) is 16.2. The number of fused-ring (bicyclic) bond motifs is 3. The largest absolute Gasteiger partial charge is 0.433 e. The molecule has 12 nitrogen and oxygen atoms in total. The van der Waals surface area contributed by atoms with Crippen LogP contribution in [0.5, 0.6) is 0 Å². The number of benzene rings is 1. The zero-order valence-corrected chi connectivity index (χ0v) is 21.3. The summed E-state index contributed by atoms with van der Waals surface area (Å²) in [5.74, 6) is -0.400. The normalized spacial score (nSPS) is 17.2. The number of hydrogen-bond donors (Lipinski definition) is 3. The summed E-state index contributed by atoms with van der Waals surface area (Å²) < 4.78 is 50.9. The predicted octanol–water partition coefficient (Wildman–Crippen LogP) is 2.49. The van der Waals surface area contributed by atoms with Crippen LogP contribution in [-0.2, 0) is 15.7 Å². The molecule has 1 aliphatic rings. The topological polar surface area (TPSA) is 165 Å². The van der Waals surface area contributed by atoms with E-state index in [-0.39, 0.29) is 41.7 Å². The number of nitrogen functional groups attached to an aromatic ring is 1. The zero-order chi connectivity index (χ0) is 28.3. The number of carbonyl (C=O) groups is 1. The number of nitrogens with two attached hydrogens (primary N) is 1. The second kappa shape index (κ2) is 9.35. The van der Waals surface area contributed by atoms with Gasteiger partial charge in [0, 0.05) is 23.3 Å². The average molecular weight is 573 g/mol. The molecule has 0 unspecified atom stereocenters. The number of nitrogens with one attached hydrogen (secondary N) is 1. The van der Waals surface area contributed by atoms with Crippen LogP contribution in [0.4, 0.5) is 24.8 Å². The molecule has 0 radical (unpaired) electrons. The van der Waals surface area contributed by atoms with E-state index in [0.717, 1.165) is 23.8 Å². The Bertz CT molecular complexity index is 1850. The molecular formula is C24H19F3N8O4S. The number of aromatic amines is 1. The van der Waals surface area contributed by atoms with Crippen molar-refractivity contribution in [2.75, 3.05) is 23.8 Å². The number of hydrogen-bond acceptors (Lipinski definition) is 10. The monoisotopic (exact) mass is 572 g/mol. The third kappa shape index (κ3) is 4.25. The first kappa shape index (κ1) is 25.8. The molecule has 0 aliphatic carbocycles. The minimum Gasteiger partial charge on any atom is -0.382 e. The van der Waals surface area contributed by atoms with Crippen molar-refractivity contribution in [3.8, 4) is 5.69 Å². The first-order valence-corrected chi connectivity index (χ1v) is 12.6. The standard InChI is InChI=1S/C24H19F3N8O4S/c1-10-8-15(32-35(10)11-4-5-29-14(9-11)24(25,26)27)34-6-7-39-18(23(34)38)17(36)21-30-13-3-2-12-19(40-33-20(12)28)16(13)22(37)31-21/h2-5,8-9,17-18,36H,6-7H2,1H3,(H2,28,33)(H,30,31,37)/t17-,18-/m1/s1. The molecule has 6 rings (SSSR count). The van der Waals surface area contributed by atoms with Gasteiger partial charge in [-0.05, 0) is 42.7 Å². The lowest BCUT2D eigenvalue weighted by Gasteiger charge is -2.32. The highest BCUT2D eigenvalue weighted by Gasteiger charge is 2.39. The van der Waals surface area contributed by atoms with Crippen LogP contribution in [0.1, 0.15) is 23.3 Å². The van der Waals surface area contributed by atoms with Gasteiger partial charge in [-0.2, -0.15) is 22.5 Å². The highest BCUT2D eigenvalue weighted by Crippen LogP contribution is 2.32. The second-order valence-corrected chi connectivity index (χ2v) is 9.81. The number of ether oxygens (including phenoxy) is 1. The number of rotatable bonds is 4. The van der Waals surface area contributed by atoms with E-state index in [2.05, 4.69) is 24.4 Å². The molecule has 1 amide bonds. The number of H-pyrrole nitrogens is 1. The Morgan fingerprint density at radius 3 is 2.83 bits per heavy atom. The van der Waals surface area contributed by atoms with Gasteiger partial charge in [0.05, 0.1) is 34.4 Å². The Kier molecular flexibility index (Phi) is 6.04. The lowest BCUT2D eigenvalue weighted by molar-refractivity contribution is -0.143. The number of aromatic nitrogens is 6. The molecule has 1 aromatic carbocycles. The molecule has 0 bridgehead atoms. The average Bonchev–Trinajstić information content (AvgIpc) is 3.50. The van der Waals surface area contributed by atoms with Crippen LogP contribution in [0.2, 0.25) is 0 Å². The summed E-state index contributed by atoms with van der Waals surface area (Å²) in [6.07, 6.45) is -6.67. The van der Waals surface area contributed by atoms with Crippen molar-refractivity contribution in [2.24, 2.45) is 0 Å². The Morgan fingerprint density at radius 2 is 2.05 bits per heavy atom. The van der Waals surface area contributed by atoms with Gasteiger partial charge in [0.25, 0.3) is 11.5 Å². The van der Waals surface area contributed by atoms with Crippen LogP contribution in [0, 0.1) is 6.92 Å². The molecule has 16 heteroatoms. The third-order valence-electron chi connectivity index (χ3n) is 6.49. The van der Waals surface area contributed by atoms with Gasteiger partial charge in [-0.25, -0.2) is 4.68 Å². The van der Waals surface area contributed by atoms with Crippen molar-refractivity contribution in [3.63, 3.8) is 0 Å². The van der Waals surface area contributed by atoms with E-state index in [0.29, 0.717) is 21.3 Å². The molecule has 1 saturated heterocycles. The minimum absolute atomic E-state index is 0.0193. The van der Waals surface area contributed by atoms with Crippen molar-refractivity contribution in [1.29, 1.82) is 0 Å². The number of pyridine rings is 1. The maximum atomic E-state index is 13.4. The first-order chi connectivity index (χ1) is 19.0. The molecule has 4 N–H and O–H groups in total. The lowest BCUT2D eigenvalue weighted by Crippen LogP contribution is -2.50. The molecule has 2 atom stereocenters. The van der Waals surface area contributed by atoms with Gasteiger partial charge in [0.1, 0.15) is 23.4 Å². The highest BCUT2D eigenvalue weighted by molar-refractivity contribution is 7.14. The highest BCUT2D eigenvalue weighted by atomic mass is 32.1. The number of alkyl halides is 3. The van der Waals surface area contributed by atoms with E-state index in [4.69, 9.17) is 10.5 Å². The molecule has 40 heavy (non-hydrogen) atoms. The van der Waals surface area contributed by atoms with Gasteiger partial charge in [-0.3, -0.25) is 19.5 Å². The van der Waals surface area contributed by atoms with Crippen molar-refractivity contribution in [2.45, 2.75) is 25.3 Å². The summed E-state index contributed by atoms with van der Waals surface area (Å²) in [6, 6.07) is 7.04. The number of aliphatic hydroxyl groups excluding tert-OH is 1. The number of nitrogens with zero attached hydrogens (tertiary/aromatic N) is 6. The van der Waals surface area contributed by atoms with Crippen LogP contribution in [0.15, 0.2) is 41.3 Å². The molecule has 4 aromatic heterocycles. The zero-order valence-electron chi connectivity index (χ0n) is 20.5. The number of aliphatic hydroxyl groups is 1. The van der Waals surface area contributed by atoms with Gasteiger partial charge in [-0.1, -0.05) is 0 Å². The van der Waals surface area contributed by atoms with Gasteiger partial charge < -0.3 is 20.6 Å². The summed E-state index contributed by atoms with van der Waals surface area (Å²) >= 11 is 1.05. The smallest absolute Gasteiger partial charge is 0.382 e. The fourth-order valence-electron chi connectivity index (χ4n) is 4.57. The minimum atomic E-state index is -4.64. The Hall–Kier alpha value is -4.41. The molecule has 5 aromatic rings. The fraction of sp³-hybridized carbons (Fsp3) is 0.250. The summed E-state index contributed by atoms with van der Waals surface area (Å²) in [6.45, 7) is 1.72. The molecule has 206 valence electrons. The Balaban J connectivity index is 1.30. The maximum Gasteiger partial charge on any atom is 0.433 e. The van der Waals surface area contributed by atoms with E-state index in [1.165, 1.54) is 21.7 Å². The maximum absolute atomic E-state index is 13.4. The number of carbonyl (C=O) groups excluding carboxylic acids is 1. The van der Waals surface area contributed by atoms with Crippen LogP contribution < -0.4 is 16.2 Å². The van der Waals surface area contributed by atoms with Crippen LogP contribution >= 0.6 is 11.5 Å². The summed E-state index contributed by atoms with van der Waals surface area (Å²) in [5.41, 5.74) is 5.07. The third-order valence-corrected chi connectivity index (χ3v) is 7.38. The van der Waals surface area contributed by atoms with Crippen molar-refractivity contribution in [3.05, 3.63) is 64.1 Å². The van der Waals surface area contributed by atoms with Crippen molar-refractivity contribution >= 4 is 50.1 Å². The van der Waals surface area contributed by atoms with Crippen molar-refractivity contribution in [1.82, 2.24) is 29.1 Å². The van der Waals surface area contributed by atoms with Crippen LogP contribution in [-0.4, -0.2) is 59.4 Å². The number of halogens is 3. The van der Waals surface area contributed by atoms with Crippen molar-refractivity contribution < 1.29 is 27.8 Å². The first-order valence-electron chi connectivity index (χ1n) is 11.8. The van der Waals surface area contributed by atoms with Gasteiger partial charge >= 0.3 is 6.18 Å². The van der Waals surface area contributed by atoms with E-state index in [1.807, 2.05) is 0 Å². The van der Waals surface area contributed by atoms with E-state index >= 15 is 0 Å². The van der Waals surface area contributed by atoms with Crippen LogP contribution in [0.3, 0.4) is 0 Å². The molecule has 0 saturated carbocycles. The molecular weight excluding hydrogens is 553 g/mol. The number of morpholine rings is 1. The molecule has 5 heterocycles. The quantitative estimate of drug-likeness (QED) is 0.293. The van der Waals surface area contributed by atoms with E-state index in [9.17, 15) is 27.9 Å². The fourth-order valence-corrected chi connectivity index (χ4v) is 5.42. The lowest BCUT2D eigenvalue weighted by atomic mass is 10.1. The summed E-state index contributed by atoms with van der Waals surface area (Å²) in [7, 11) is 0. The van der Waals surface area contributed by atoms with E-state index < -0.39 is 35.5 Å². The Labute approximate surface area is 226 Å². The number of anilines is 2. The second-order valence-electron chi connectivity index (χ2n) is 9.04. The predicted molar refractivity (Wildman–Crippen MR) is 138 cm³/mol. The number of amides is 1.